The molecule has 0 amide bonds. The van der Waals surface area contributed by atoms with Crippen molar-refractivity contribution in [2.75, 3.05) is 10.6 Å². The first-order valence-corrected chi connectivity index (χ1v) is 8.05. The lowest BCUT2D eigenvalue weighted by molar-refractivity contribution is 1.02. The summed E-state index contributed by atoms with van der Waals surface area (Å²) in [5.74, 6) is 2.12. The van der Waals surface area contributed by atoms with Crippen LogP contribution >= 0.6 is 0 Å². The molecule has 0 fully saturated rings. The molecule has 1 aromatic heterocycles. The van der Waals surface area contributed by atoms with Gasteiger partial charge in [0.15, 0.2) is 0 Å². The van der Waals surface area contributed by atoms with Crippen LogP contribution in [0, 0.1) is 25.2 Å². The van der Waals surface area contributed by atoms with Crippen LogP contribution in [0.2, 0.25) is 0 Å². The predicted octanol–water partition coefficient (Wildman–Crippen LogP) is 4.32. The standard InChI is InChI=1S/C20H19N5/c1-14-5-3-7-17(9-14)13-22-19-11-20(24-15(2)23-19)25-18-8-4-6-16(10-18)12-21/h3-11H,13H2,1-2H3,(H2,22,23,24,25). The number of hydrogen-bond donors (Lipinski definition) is 2. The summed E-state index contributed by atoms with van der Waals surface area (Å²) in [6.07, 6.45) is 0. The summed E-state index contributed by atoms with van der Waals surface area (Å²) in [7, 11) is 0. The third kappa shape index (κ3) is 4.55. The van der Waals surface area contributed by atoms with E-state index < -0.39 is 0 Å². The Labute approximate surface area is 147 Å². The number of nitrogens with one attached hydrogen (secondary N) is 2. The Balaban J connectivity index is 1.75. The molecule has 0 aliphatic rings. The average Bonchev–Trinajstić information content (AvgIpc) is 2.60. The van der Waals surface area contributed by atoms with E-state index in [0.717, 1.165) is 11.5 Å². The highest BCUT2D eigenvalue weighted by atomic mass is 15.1. The number of rotatable bonds is 5. The van der Waals surface area contributed by atoms with Crippen LogP contribution in [0.1, 0.15) is 22.5 Å². The van der Waals surface area contributed by atoms with Gasteiger partial charge in [-0.25, -0.2) is 9.97 Å². The van der Waals surface area contributed by atoms with Gasteiger partial charge in [-0.3, -0.25) is 0 Å². The van der Waals surface area contributed by atoms with Gasteiger partial charge in [0.1, 0.15) is 17.5 Å². The highest BCUT2D eigenvalue weighted by Crippen LogP contribution is 2.19. The van der Waals surface area contributed by atoms with E-state index in [9.17, 15) is 0 Å². The Morgan fingerprint density at radius 3 is 2.56 bits per heavy atom. The highest BCUT2D eigenvalue weighted by Gasteiger charge is 2.04. The maximum absolute atomic E-state index is 9.00. The molecule has 2 aromatic carbocycles. The highest BCUT2D eigenvalue weighted by molar-refractivity contribution is 5.61. The van der Waals surface area contributed by atoms with Crippen LogP contribution in [0.4, 0.5) is 17.3 Å². The van der Waals surface area contributed by atoms with Crippen LogP contribution in [-0.4, -0.2) is 9.97 Å². The first-order chi connectivity index (χ1) is 12.1. The first kappa shape index (κ1) is 16.5. The van der Waals surface area contributed by atoms with Crippen LogP contribution in [0.25, 0.3) is 0 Å². The fourth-order valence-corrected chi connectivity index (χ4v) is 2.55. The van der Waals surface area contributed by atoms with Crippen LogP contribution in [0.3, 0.4) is 0 Å². The summed E-state index contributed by atoms with van der Waals surface area (Å²) in [4.78, 5) is 8.84. The van der Waals surface area contributed by atoms with Gasteiger partial charge >= 0.3 is 0 Å². The minimum atomic E-state index is 0.605. The molecule has 0 bridgehead atoms. The lowest BCUT2D eigenvalue weighted by atomic mass is 10.1. The topological polar surface area (TPSA) is 73.6 Å². The van der Waals surface area contributed by atoms with Crippen LogP contribution in [-0.2, 0) is 6.54 Å². The van der Waals surface area contributed by atoms with Gasteiger partial charge in [0.2, 0.25) is 0 Å². The van der Waals surface area contributed by atoms with Crippen molar-refractivity contribution in [3.63, 3.8) is 0 Å². The quantitative estimate of drug-likeness (QED) is 0.729. The van der Waals surface area contributed by atoms with Crippen LogP contribution in [0.5, 0.6) is 0 Å². The molecular formula is C20H19N5. The van der Waals surface area contributed by atoms with E-state index in [0.29, 0.717) is 23.8 Å². The van der Waals surface area contributed by atoms with E-state index in [2.05, 4.69) is 51.8 Å². The molecule has 0 spiro atoms. The van der Waals surface area contributed by atoms with Crippen molar-refractivity contribution in [2.45, 2.75) is 20.4 Å². The van der Waals surface area contributed by atoms with Gasteiger partial charge in [-0.15, -0.1) is 0 Å². The molecule has 0 aliphatic carbocycles. The van der Waals surface area contributed by atoms with E-state index >= 15 is 0 Å². The Bertz CT molecular complexity index is 927. The minimum absolute atomic E-state index is 0.605. The van der Waals surface area contributed by atoms with Gasteiger partial charge < -0.3 is 10.6 Å². The zero-order valence-corrected chi connectivity index (χ0v) is 14.2. The molecule has 1 heterocycles. The Hall–Kier alpha value is -3.39. The van der Waals surface area contributed by atoms with Crippen molar-refractivity contribution in [1.29, 1.82) is 5.26 Å². The molecule has 5 heteroatoms. The molecule has 0 atom stereocenters. The molecule has 3 rings (SSSR count). The number of anilines is 3. The van der Waals surface area contributed by atoms with Gasteiger partial charge in [0.25, 0.3) is 0 Å². The average molecular weight is 329 g/mol. The molecular weight excluding hydrogens is 310 g/mol. The lowest BCUT2D eigenvalue weighted by Gasteiger charge is -2.11. The number of aromatic nitrogens is 2. The Kier molecular flexibility index (Phi) is 4.91. The number of aryl methyl sites for hydroxylation is 2. The summed E-state index contributed by atoms with van der Waals surface area (Å²) in [5, 5.41) is 15.6. The van der Waals surface area contributed by atoms with Crippen molar-refractivity contribution >= 4 is 17.3 Å². The Morgan fingerprint density at radius 1 is 0.960 bits per heavy atom. The van der Waals surface area contributed by atoms with Crippen molar-refractivity contribution in [1.82, 2.24) is 9.97 Å². The molecule has 124 valence electrons. The van der Waals surface area contributed by atoms with Gasteiger partial charge in [-0.2, -0.15) is 5.26 Å². The summed E-state index contributed by atoms with van der Waals surface area (Å²) in [6.45, 7) is 4.63. The first-order valence-electron chi connectivity index (χ1n) is 8.05. The smallest absolute Gasteiger partial charge is 0.136 e. The molecule has 0 radical (unpaired) electrons. The van der Waals surface area contributed by atoms with E-state index in [1.165, 1.54) is 11.1 Å². The molecule has 3 aromatic rings. The number of nitrogens with zero attached hydrogens (tertiary/aromatic N) is 3. The fraction of sp³-hybridized carbons (Fsp3) is 0.150. The molecule has 0 unspecified atom stereocenters. The molecule has 2 N–H and O–H groups in total. The van der Waals surface area contributed by atoms with E-state index in [4.69, 9.17) is 5.26 Å². The summed E-state index contributed by atoms with van der Waals surface area (Å²) in [5.41, 5.74) is 3.86. The zero-order valence-electron chi connectivity index (χ0n) is 14.2. The molecule has 0 aliphatic heterocycles. The second-order valence-corrected chi connectivity index (χ2v) is 5.85. The Morgan fingerprint density at radius 2 is 1.76 bits per heavy atom. The molecule has 25 heavy (non-hydrogen) atoms. The van der Waals surface area contributed by atoms with Gasteiger partial charge in [0.05, 0.1) is 11.6 Å². The van der Waals surface area contributed by atoms with Crippen LogP contribution in [0.15, 0.2) is 54.6 Å². The lowest BCUT2D eigenvalue weighted by Crippen LogP contribution is -2.05. The molecule has 0 saturated carbocycles. The van der Waals surface area contributed by atoms with Crippen molar-refractivity contribution in [2.24, 2.45) is 0 Å². The second kappa shape index (κ2) is 7.45. The summed E-state index contributed by atoms with van der Waals surface area (Å²) < 4.78 is 0. The number of hydrogen-bond acceptors (Lipinski definition) is 5. The zero-order chi connectivity index (χ0) is 17.6. The predicted molar refractivity (Wildman–Crippen MR) is 99.7 cm³/mol. The maximum atomic E-state index is 9.00. The monoisotopic (exact) mass is 329 g/mol. The van der Waals surface area contributed by atoms with Crippen molar-refractivity contribution in [3.8, 4) is 6.07 Å². The minimum Gasteiger partial charge on any atom is -0.366 e. The third-order valence-electron chi connectivity index (χ3n) is 3.66. The van der Waals surface area contributed by atoms with E-state index in [1.54, 1.807) is 12.1 Å². The number of nitriles is 1. The van der Waals surface area contributed by atoms with Crippen molar-refractivity contribution in [3.05, 3.63) is 77.1 Å². The molecule has 0 saturated heterocycles. The molecule has 5 nitrogen and oxygen atoms in total. The van der Waals surface area contributed by atoms with Gasteiger partial charge in [-0.05, 0) is 37.6 Å². The van der Waals surface area contributed by atoms with Crippen molar-refractivity contribution < 1.29 is 0 Å². The number of benzene rings is 2. The van der Waals surface area contributed by atoms with E-state index in [-0.39, 0.29) is 0 Å². The van der Waals surface area contributed by atoms with E-state index in [1.807, 2.05) is 31.2 Å². The maximum Gasteiger partial charge on any atom is 0.136 e. The fourth-order valence-electron chi connectivity index (χ4n) is 2.55. The third-order valence-corrected chi connectivity index (χ3v) is 3.66. The summed E-state index contributed by atoms with van der Waals surface area (Å²) >= 11 is 0. The normalized spacial score (nSPS) is 10.1. The van der Waals surface area contributed by atoms with Gasteiger partial charge in [-0.1, -0.05) is 35.9 Å². The van der Waals surface area contributed by atoms with Gasteiger partial charge in [0, 0.05) is 18.3 Å². The largest absolute Gasteiger partial charge is 0.366 e. The summed E-state index contributed by atoms with van der Waals surface area (Å²) in [6, 6.07) is 19.7. The second-order valence-electron chi connectivity index (χ2n) is 5.85. The SMILES string of the molecule is Cc1cccc(CNc2cc(Nc3cccc(C#N)c3)nc(C)n2)c1. The van der Waals surface area contributed by atoms with Crippen LogP contribution < -0.4 is 10.6 Å².